The van der Waals surface area contributed by atoms with E-state index in [-0.39, 0.29) is 12.1 Å². The molecule has 0 heterocycles. The van der Waals surface area contributed by atoms with E-state index in [1.165, 1.54) is 0 Å². The maximum atomic E-state index is 9.14. The third-order valence-corrected chi connectivity index (χ3v) is 2.65. The van der Waals surface area contributed by atoms with Gasteiger partial charge in [0.2, 0.25) is 0 Å². The van der Waals surface area contributed by atoms with Crippen LogP contribution in [0, 0.1) is 0 Å². The van der Waals surface area contributed by atoms with Gasteiger partial charge in [-0.1, -0.05) is 12.1 Å². The maximum Gasteiger partial charge on any atom is 0.119 e. The number of aliphatic hydroxyl groups is 1. The molecular weight excluding hydrogens is 230 g/mol. The molecule has 0 radical (unpaired) electrons. The monoisotopic (exact) mass is 253 g/mol. The molecule has 102 valence electrons. The predicted octanol–water partition coefficient (Wildman–Crippen LogP) is 1.57. The Bertz CT molecular complexity index is 335. The standard InChI is InChI=1S/C14H23NO3/c1-14(2,11-16)15-10-12-4-6-13(7-5-12)18-9-8-17-3/h4-7,15-16H,8-11H2,1-3H3. The van der Waals surface area contributed by atoms with Gasteiger partial charge in [0.1, 0.15) is 12.4 Å². The molecule has 0 fully saturated rings. The molecule has 1 rings (SSSR count). The third-order valence-electron chi connectivity index (χ3n) is 2.65. The largest absolute Gasteiger partial charge is 0.491 e. The maximum absolute atomic E-state index is 9.14. The van der Waals surface area contributed by atoms with Crippen molar-refractivity contribution in [2.24, 2.45) is 0 Å². The molecule has 0 atom stereocenters. The Labute approximate surface area is 109 Å². The second-order valence-corrected chi connectivity index (χ2v) is 4.88. The average Bonchev–Trinajstić information content (AvgIpc) is 2.38. The molecule has 1 aromatic rings. The summed E-state index contributed by atoms with van der Waals surface area (Å²) in [5.41, 5.74) is 0.906. The van der Waals surface area contributed by atoms with Crippen molar-refractivity contribution in [2.45, 2.75) is 25.9 Å². The van der Waals surface area contributed by atoms with E-state index < -0.39 is 0 Å². The molecule has 0 saturated carbocycles. The van der Waals surface area contributed by atoms with Crippen LogP contribution in [0.3, 0.4) is 0 Å². The first kappa shape index (κ1) is 15.0. The predicted molar refractivity (Wildman–Crippen MR) is 71.8 cm³/mol. The zero-order valence-corrected chi connectivity index (χ0v) is 11.4. The Balaban J connectivity index is 2.40. The fraction of sp³-hybridized carbons (Fsp3) is 0.571. The van der Waals surface area contributed by atoms with Crippen LogP contribution in [0.1, 0.15) is 19.4 Å². The Kier molecular flexibility index (Phi) is 6.12. The number of hydrogen-bond donors (Lipinski definition) is 2. The number of nitrogens with one attached hydrogen (secondary N) is 1. The van der Waals surface area contributed by atoms with Crippen LogP contribution in [0.25, 0.3) is 0 Å². The van der Waals surface area contributed by atoms with Gasteiger partial charge in [0, 0.05) is 19.2 Å². The zero-order valence-electron chi connectivity index (χ0n) is 11.4. The molecule has 18 heavy (non-hydrogen) atoms. The molecule has 0 aliphatic heterocycles. The van der Waals surface area contributed by atoms with Crippen LogP contribution in [0.5, 0.6) is 5.75 Å². The average molecular weight is 253 g/mol. The van der Waals surface area contributed by atoms with Gasteiger partial charge in [-0.15, -0.1) is 0 Å². The summed E-state index contributed by atoms with van der Waals surface area (Å²) in [7, 11) is 1.65. The quantitative estimate of drug-likeness (QED) is 0.691. The topological polar surface area (TPSA) is 50.7 Å². The lowest BCUT2D eigenvalue weighted by Crippen LogP contribution is -2.42. The molecule has 0 spiro atoms. The van der Waals surface area contributed by atoms with Crippen molar-refractivity contribution in [3.8, 4) is 5.75 Å². The number of ether oxygens (including phenoxy) is 2. The molecule has 0 amide bonds. The lowest BCUT2D eigenvalue weighted by Gasteiger charge is -2.23. The van der Waals surface area contributed by atoms with Crippen LogP contribution < -0.4 is 10.1 Å². The number of hydrogen-bond acceptors (Lipinski definition) is 4. The highest BCUT2D eigenvalue weighted by molar-refractivity contribution is 5.27. The summed E-state index contributed by atoms with van der Waals surface area (Å²) in [5.74, 6) is 0.845. The van der Waals surface area contributed by atoms with Crippen molar-refractivity contribution in [3.05, 3.63) is 29.8 Å². The smallest absolute Gasteiger partial charge is 0.119 e. The van der Waals surface area contributed by atoms with E-state index in [4.69, 9.17) is 14.6 Å². The minimum absolute atomic E-state index is 0.116. The minimum atomic E-state index is -0.256. The van der Waals surface area contributed by atoms with Gasteiger partial charge in [-0.25, -0.2) is 0 Å². The van der Waals surface area contributed by atoms with Gasteiger partial charge >= 0.3 is 0 Å². The van der Waals surface area contributed by atoms with Crippen LogP contribution in [-0.2, 0) is 11.3 Å². The third kappa shape index (κ3) is 5.49. The minimum Gasteiger partial charge on any atom is -0.491 e. The van der Waals surface area contributed by atoms with E-state index in [1.807, 2.05) is 38.1 Å². The molecule has 4 heteroatoms. The van der Waals surface area contributed by atoms with Gasteiger partial charge in [-0.05, 0) is 31.5 Å². The second kappa shape index (κ2) is 7.36. The zero-order chi connectivity index (χ0) is 13.4. The normalized spacial score (nSPS) is 11.6. The molecule has 0 aliphatic rings. The van der Waals surface area contributed by atoms with E-state index in [0.29, 0.717) is 13.2 Å². The summed E-state index contributed by atoms with van der Waals surface area (Å²) < 4.78 is 10.4. The molecule has 2 N–H and O–H groups in total. The molecule has 1 aromatic carbocycles. The molecule has 4 nitrogen and oxygen atoms in total. The van der Waals surface area contributed by atoms with Gasteiger partial charge in [-0.3, -0.25) is 0 Å². The van der Waals surface area contributed by atoms with E-state index in [0.717, 1.165) is 17.9 Å². The van der Waals surface area contributed by atoms with Crippen molar-refractivity contribution in [3.63, 3.8) is 0 Å². The summed E-state index contributed by atoms with van der Waals surface area (Å²) in [6.45, 7) is 5.93. The highest BCUT2D eigenvalue weighted by atomic mass is 16.5. The van der Waals surface area contributed by atoms with Crippen LogP contribution in [-0.4, -0.2) is 37.6 Å². The van der Waals surface area contributed by atoms with E-state index in [1.54, 1.807) is 7.11 Å². The van der Waals surface area contributed by atoms with Gasteiger partial charge in [0.05, 0.1) is 13.2 Å². The fourth-order valence-corrected chi connectivity index (χ4v) is 1.34. The summed E-state index contributed by atoms with van der Waals surface area (Å²) in [6.07, 6.45) is 0. The molecular formula is C14H23NO3. The van der Waals surface area contributed by atoms with Gasteiger partial charge in [-0.2, -0.15) is 0 Å². The summed E-state index contributed by atoms with van der Waals surface area (Å²) in [4.78, 5) is 0. The summed E-state index contributed by atoms with van der Waals surface area (Å²) >= 11 is 0. The van der Waals surface area contributed by atoms with E-state index in [9.17, 15) is 0 Å². The highest BCUT2D eigenvalue weighted by Gasteiger charge is 2.14. The Hall–Kier alpha value is -1.10. The van der Waals surface area contributed by atoms with Crippen molar-refractivity contribution in [1.82, 2.24) is 5.32 Å². The SMILES string of the molecule is COCCOc1ccc(CNC(C)(C)CO)cc1. The summed E-state index contributed by atoms with van der Waals surface area (Å²) in [5, 5.41) is 12.4. The van der Waals surface area contributed by atoms with Gasteiger partial charge in [0.25, 0.3) is 0 Å². The molecule has 0 bridgehead atoms. The van der Waals surface area contributed by atoms with E-state index >= 15 is 0 Å². The van der Waals surface area contributed by atoms with Crippen molar-refractivity contribution >= 4 is 0 Å². The van der Waals surface area contributed by atoms with Crippen LogP contribution in [0.4, 0.5) is 0 Å². The Morgan fingerprint density at radius 2 is 1.83 bits per heavy atom. The number of benzene rings is 1. The van der Waals surface area contributed by atoms with E-state index in [2.05, 4.69) is 5.32 Å². The molecule has 0 saturated heterocycles. The fourth-order valence-electron chi connectivity index (χ4n) is 1.34. The number of aliphatic hydroxyl groups excluding tert-OH is 1. The van der Waals surface area contributed by atoms with Crippen molar-refractivity contribution in [1.29, 1.82) is 0 Å². The lowest BCUT2D eigenvalue weighted by molar-refractivity contribution is 0.146. The molecule has 0 unspecified atom stereocenters. The van der Waals surface area contributed by atoms with Crippen molar-refractivity contribution < 1.29 is 14.6 Å². The highest BCUT2D eigenvalue weighted by Crippen LogP contribution is 2.13. The number of methoxy groups -OCH3 is 1. The number of rotatable bonds is 8. The van der Waals surface area contributed by atoms with Crippen LogP contribution >= 0.6 is 0 Å². The van der Waals surface area contributed by atoms with Crippen LogP contribution in [0.15, 0.2) is 24.3 Å². The summed E-state index contributed by atoms with van der Waals surface area (Å²) in [6, 6.07) is 7.92. The first-order chi connectivity index (χ1) is 8.57. The molecule has 0 aliphatic carbocycles. The first-order valence-corrected chi connectivity index (χ1v) is 6.14. The lowest BCUT2D eigenvalue weighted by atomic mass is 10.1. The van der Waals surface area contributed by atoms with Crippen molar-refractivity contribution in [2.75, 3.05) is 26.9 Å². The Morgan fingerprint density at radius 1 is 1.17 bits per heavy atom. The second-order valence-electron chi connectivity index (χ2n) is 4.88. The molecule has 0 aromatic heterocycles. The first-order valence-electron chi connectivity index (χ1n) is 6.14. The Morgan fingerprint density at radius 3 is 2.39 bits per heavy atom. The van der Waals surface area contributed by atoms with Gasteiger partial charge < -0.3 is 19.9 Å². The van der Waals surface area contributed by atoms with Crippen LogP contribution in [0.2, 0.25) is 0 Å². The van der Waals surface area contributed by atoms with Gasteiger partial charge in [0.15, 0.2) is 0 Å².